The summed E-state index contributed by atoms with van der Waals surface area (Å²) in [5.41, 5.74) is 5.70. The van der Waals surface area contributed by atoms with Crippen molar-refractivity contribution in [1.82, 2.24) is 25.4 Å². The van der Waals surface area contributed by atoms with Gasteiger partial charge in [0.15, 0.2) is 0 Å². The number of rotatable bonds is 4. The molecule has 0 aliphatic carbocycles. The molecule has 1 amide bonds. The first-order chi connectivity index (χ1) is 10.7. The predicted octanol–water partition coefficient (Wildman–Crippen LogP) is 1.37. The van der Waals surface area contributed by atoms with E-state index in [0.717, 1.165) is 16.6 Å². The highest BCUT2D eigenvalue weighted by atomic mass is 16.2. The van der Waals surface area contributed by atoms with E-state index in [9.17, 15) is 4.79 Å². The minimum absolute atomic E-state index is 0.0631. The average Bonchev–Trinajstić information content (AvgIpc) is 2.97. The number of hydrogen-bond donors (Lipinski definition) is 1. The third-order valence-corrected chi connectivity index (χ3v) is 3.16. The molecule has 1 aromatic carbocycles. The number of carbonyl (C=O) groups excluding carboxylic acids is 1. The molecule has 0 saturated carbocycles. The van der Waals surface area contributed by atoms with Gasteiger partial charge in [-0.2, -0.15) is 5.10 Å². The summed E-state index contributed by atoms with van der Waals surface area (Å²) in [6, 6.07) is 11.1. The Hall–Kier alpha value is -3.09. The Bertz CT molecular complexity index is 824. The van der Waals surface area contributed by atoms with E-state index in [1.54, 1.807) is 17.1 Å². The van der Waals surface area contributed by atoms with E-state index in [1.165, 1.54) is 0 Å². The molecule has 3 rings (SSSR count). The summed E-state index contributed by atoms with van der Waals surface area (Å²) < 4.78 is 1.54. The van der Waals surface area contributed by atoms with Crippen LogP contribution < -0.4 is 5.43 Å². The molecule has 2 heterocycles. The molecule has 3 aromatic rings. The summed E-state index contributed by atoms with van der Waals surface area (Å²) >= 11 is 0. The zero-order valence-corrected chi connectivity index (χ0v) is 12.0. The number of para-hydroxylation sites is 1. The van der Waals surface area contributed by atoms with Gasteiger partial charge in [-0.05, 0) is 31.2 Å². The summed E-state index contributed by atoms with van der Waals surface area (Å²) in [5.74, 6) is -0.260. The molecular weight excluding hydrogens is 280 g/mol. The van der Waals surface area contributed by atoms with Crippen LogP contribution in [0, 0.1) is 0 Å². The molecule has 110 valence electrons. The largest absolute Gasteiger partial charge is 0.271 e. The van der Waals surface area contributed by atoms with Crippen molar-refractivity contribution in [2.24, 2.45) is 5.10 Å². The third kappa shape index (κ3) is 2.98. The molecule has 0 aliphatic heterocycles. The van der Waals surface area contributed by atoms with Crippen LogP contribution >= 0.6 is 0 Å². The molecule has 0 atom stereocenters. The molecule has 0 fully saturated rings. The molecular formula is C15H14N6O. The number of nitrogens with one attached hydrogen (secondary N) is 1. The van der Waals surface area contributed by atoms with Crippen molar-refractivity contribution in [3.05, 3.63) is 54.4 Å². The first kappa shape index (κ1) is 13.9. The van der Waals surface area contributed by atoms with Gasteiger partial charge in [-0.3, -0.25) is 9.78 Å². The minimum Gasteiger partial charge on any atom is -0.271 e. The summed E-state index contributed by atoms with van der Waals surface area (Å²) in [7, 11) is 0. The average molecular weight is 294 g/mol. The Morgan fingerprint density at radius 1 is 1.23 bits per heavy atom. The highest BCUT2D eigenvalue weighted by Gasteiger charge is 2.08. The van der Waals surface area contributed by atoms with Crippen molar-refractivity contribution < 1.29 is 4.79 Å². The molecule has 0 spiro atoms. The molecule has 0 unspecified atom stereocenters. The highest BCUT2D eigenvalue weighted by Crippen LogP contribution is 2.09. The lowest BCUT2D eigenvalue weighted by Gasteiger charge is -2.03. The summed E-state index contributed by atoms with van der Waals surface area (Å²) in [6.07, 6.45) is 3.36. The lowest BCUT2D eigenvalue weighted by molar-refractivity contribution is -0.121. The maximum atomic E-state index is 12.0. The van der Waals surface area contributed by atoms with Crippen LogP contribution in [0.3, 0.4) is 0 Å². The lowest BCUT2D eigenvalue weighted by atomic mass is 10.2. The Morgan fingerprint density at radius 2 is 2.00 bits per heavy atom. The van der Waals surface area contributed by atoms with E-state index < -0.39 is 0 Å². The van der Waals surface area contributed by atoms with Gasteiger partial charge in [0, 0.05) is 18.0 Å². The topological polar surface area (TPSA) is 85.1 Å². The fourth-order valence-corrected chi connectivity index (χ4v) is 2.01. The van der Waals surface area contributed by atoms with Crippen LogP contribution in [0.5, 0.6) is 0 Å². The predicted molar refractivity (Wildman–Crippen MR) is 82.1 cm³/mol. The van der Waals surface area contributed by atoms with E-state index in [1.807, 2.05) is 43.3 Å². The number of hydrogen-bond acceptors (Lipinski definition) is 5. The molecule has 0 radical (unpaired) electrons. The standard InChI is InChI=1S/C15H14N6O/c1-11(12-6-8-16-9-7-12)17-19-15(22)10-21-14-5-3-2-4-13(14)18-20-21/h2-9H,10H2,1H3,(H,19,22)/b17-11+. The third-order valence-electron chi connectivity index (χ3n) is 3.16. The van der Waals surface area contributed by atoms with Gasteiger partial charge in [0.1, 0.15) is 12.1 Å². The smallest absolute Gasteiger partial charge is 0.261 e. The van der Waals surface area contributed by atoms with Crippen LogP contribution in [0.4, 0.5) is 0 Å². The zero-order valence-electron chi connectivity index (χ0n) is 12.0. The Balaban J connectivity index is 1.68. The van der Waals surface area contributed by atoms with Crippen LogP contribution in [0.25, 0.3) is 11.0 Å². The molecule has 0 aliphatic rings. The molecule has 2 aromatic heterocycles. The van der Waals surface area contributed by atoms with Crippen molar-refractivity contribution in [1.29, 1.82) is 0 Å². The van der Waals surface area contributed by atoms with E-state index >= 15 is 0 Å². The van der Waals surface area contributed by atoms with Gasteiger partial charge >= 0.3 is 0 Å². The molecule has 0 bridgehead atoms. The van der Waals surface area contributed by atoms with Gasteiger partial charge in [-0.25, -0.2) is 10.1 Å². The van der Waals surface area contributed by atoms with Crippen LogP contribution in [0.2, 0.25) is 0 Å². The van der Waals surface area contributed by atoms with E-state index in [2.05, 4.69) is 25.8 Å². The van der Waals surface area contributed by atoms with Crippen molar-refractivity contribution in [3.63, 3.8) is 0 Å². The number of nitrogens with zero attached hydrogens (tertiary/aromatic N) is 5. The van der Waals surface area contributed by atoms with Crippen LogP contribution in [0.1, 0.15) is 12.5 Å². The zero-order chi connectivity index (χ0) is 15.4. The van der Waals surface area contributed by atoms with Crippen LogP contribution in [-0.4, -0.2) is 31.6 Å². The SMILES string of the molecule is C/C(=N\NC(=O)Cn1nnc2ccccc21)c1ccncc1. The molecule has 7 heteroatoms. The maximum Gasteiger partial charge on any atom is 0.261 e. The Labute approximate surface area is 126 Å². The van der Waals surface area contributed by atoms with Crippen molar-refractivity contribution >= 4 is 22.7 Å². The number of benzene rings is 1. The Kier molecular flexibility index (Phi) is 3.86. The first-order valence-electron chi connectivity index (χ1n) is 6.76. The quantitative estimate of drug-likeness (QED) is 0.581. The van der Waals surface area contributed by atoms with Gasteiger partial charge in [0.2, 0.25) is 0 Å². The second-order valence-corrected chi connectivity index (χ2v) is 4.70. The van der Waals surface area contributed by atoms with Crippen LogP contribution in [-0.2, 0) is 11.3 Å². The molecule has 22 heavy (non-hydrogen) atoms. The fourth-order valence-electron chi connectivity index (χ4n) is 2.01. The van der Waals surface area contributed by atoms with Gasteiger partial charge in [-0.15, -0.1) is 5.10 Å². The monoisotopic (exact) mass is 294 g/mol. The number of aromatic nitrogens is 4. The van der Waals surface area contributed by atoms with Crippen LogP contribution in [0.15, 0.2) is 53.9 Å². The maximum absolute atomic E-state index is 12.0. The highest BCUT2D eigenvalue weighted by molar-refractivity contribution is 5.99. The lowest BCUT2D eigenvalue weighted by Crippen LogP contribution is -2.24. The minimum atomic E-state index is -0.260. The van der Waals surface area contributed by atoms with Crippen molar-refractivity contribution in [2.45, 2.75) is 13.5 Å². The van der Waals surface area contributed by atoms with Gasteiger partial charge < -0.3 is 0 Å². The number of pyridine rings is 1. The van der Waals surface area contributed by atoms with Crippen molar-refractivity contribution in [2.75, 3.05) is 0 Å². The Morgan fingerprint density at radius 3 is 2.82 bits per heavy atom. The number of fused-ring (bicyclic) bond motifs is 1. The number of carbonyl (C=O) groups is 1. The van der Waals surface area contributed by atoms with E-state index in [-0.39, 0.29) is 12.5 Å². The molecule has 7 nitrogen and oxygen atoms in total. The number of hydrazone groups is 1. The second-order valence-electron chi connectivity index (χ2n) is 4.70. The summed E-state index contributed by atoms with van der Waals surface area (Å²) in [6.45, 7) is 1.88. The first-order valence-corrected chi connectivity index (χ1v) is 6.76. The molecule has 1 N–H and O–H groups in total. The van der Waals surface area contributed by atoms with Crippen molar-refractivity contribution in [3.8, 4) is 0 Å². The summed E-state index contributed by atoms with van der Waals surface area (Å²) in [4.78, 5) is 15.9. The molecule has 0 saturated heterocycles. The van der Waals surface area contributed by atoms with Gasteiger partial charge in [0.05, 0.1) is 11.2 Å². The number of amides is 1. The summed E-state index contributed by atoms with van der Waals surface area (Å²) in [5, 5.41) is 12.1. The van der Waals surface area contributed by atoms with Gasteiger partial charge in [-0.1, -0.05) is 17.3 Å². The normalized spacial score (nSPS) is 11.6. The van der Waals surface area contributed by atoms with E-state index in [0.29, 0.717) is 5.71 Å². The second kappa shape index (κ2) is 6.13. The van der Waals surface area contributed by atoms with Gasteiger partial charge in [0.25, 0.3) is 5.91 Å². The fraction of sp³-hybridized carbons (Fsp3) is 0.133. The van der Waals surface area contributed by atoms with E-state index in [4.69, 9.17) is 0 Å².